The zero-order chi connectivity index (χ0) is 13.0. The second kappa shape index (κ2) is 6.16. The summed E-state index contributed by atoms with van der Waals surface area (Å²) in [5.74, 6) is 0.942. The van der Waals surface area contributed by atoms with Crippen LogP contribution in [-0.2, 0) is 4.74 Å². The van der Waals surface area contributed by atoms with Crippen molar-refractivity contribution in [1.29, 1.82) is 0 Å². The monoisotopic (exact) mass is 250 g/mol. The second-order valence-corrected chi connectivity index (χ2v) is 4.82. The number of anilines is 1. The fraction of sp³-hybridized carbons (Fsp3) is 0.643. The van der Waals surface area contributed by atoms with Gasteiger partial charge in [0.15, 0.2) is 0 Å². The van der Waals surface area contributed by atoms with Crippen LogP contribution >= 0.6 is 0 Å². The first-order valence-corrected chi connectivity index (χ1v) is 6.71. The average molecular weight is 250 g/mol. The minimum absolute atomic E-state index is 0.282. The van der Waals surface area contributed by atoms with Crippen LogP contribution in [0.15, 0.2) is 18.3 Å². The van der Waals surface area contributed by atoms with E-state index in [0.717, 1.165) is 43.9 Å². The fourth-order valence-corrected chi connectivity index (χ4v) is 2.22. The zero-order valence-corrected chi connectivity index (χ0v) is 11.2. The van der Waals surface area contributed by atoms with Crippen LogP contribution in [0.25, 0.3) is 0 Å². The molecule has 18 heavy (non-hydrogen) atoms. The Hall–Kier alpha value is -1.13. The van der Waals surface area contributed by atoms with Gasteiger partial charge in [0.2, 0.25) is 0 Å². The molecule has 1 saturated heterocycles. The largest absolute Gasteiger partial charge is 0.389 e. The Balaban J connectivity index is 2.15. The normalized spacial score (nSPS) is 22.6. The molecule has 1 aromatic heterocycles. The van der Waals surface area contributed by atoms with Crippen molar-refractivity contribution in [3.05, 3.63) is 23.9 Å². The molecular weight excluding hydrogens is 228 g/mol. The van der Waals surface area contributed by atoms with Crippen molar-refractivity contribution in [3.63, 3.8) is 0 Å². The van der Waals surface area contributed by atoms with Crippen LogP contribution in [-0.4, -0.2) is 35.9 Å². The highest BCUT2D eigenvalue weighted by molar-refractivity contribution is 5.41. The lowest BCUT2D eigenvalue weighted by Gasteiger charge is -2.24. The molecule has 0 saturated carbocycles. The number of hydrogen-bond donors (Lipinski definition) is 1. The predicted molar refractivity (Wildman–Crippen MR) is 71.7 cm³/mol. The molecule has 1 N–H and O–H groups in total. The van der Waals surface area contributed by atoms with E-state index in [0.29, 0.717) is 0 Å². The number of ether oxygens (including phenoxy) is 1. The van der Waals surface area contributed by atoms with Gasteiger partial charge in [0.1, 0.15) is 5.82 Å². The SMILES string of the molecule is CCC1CN(c2cc([C@H](C)O)ccn2)CCCO1. The molecule has 1 aliphatic heterocycles. The third-order valence-corrected chi connectivity index (χ3v) is 3.38. The predicted octanol–water partition coefficient (Wildman–Crippen LogP) is 2.14. The van der Waals surface area contributed by atoms with Crippen molar-refractivity contribution in [2.45, 2.75) is 38.9 Å². The molecule has 0 amide bonds. The summed E-state index contributed by atoms with van der Waals surface area (Å²) in [5, 5.41) is 9.63. The summed E-state index contributed by atoms with van der Waals surface area (Å²) in [5.41, 5.74) is 0.915. The van der Waals surface area contributed by atoms with E-state index >= 15 is 0 Å². The zero-order valence-electron chi connectivity index (χ0n) is 11.2. The van der Waals surface area contributed by atoms with E-state index in [1.807, 2.05) is 12.1 Å². The van der Waals surface area contributed by atoms with Gasteiger partial charge in [-0.15, -0.1) is 0 Å². The van der Waals surface area contributed by atoms with Gasteiger partial charge >= 0.3 is 0 Å². The highest BCUT2D eigenvalue weighted by atomic mass is 16.5. The maximum atomic E-state index is 9.63. The van der Waals surface area contributed by atoms with Crippen LogP contribution in [0.1, 0.15) is 38.4 Å². The maximum absolute atomic E-state index is 9.63. The molecule has 4 heteroatoms. The van der Waals surface area contributed by atoms with Gasteiger partial charge in [-0.05, 0) is 37.5 Å². The lowest BCUT2D eigenvalue weighted by Crippen LogP contribution is -2.32. The van der Waals surface area contributed by atoms with E-state index in [1.165, 1.54) is 0 Å². The van der Waals surface area contributed by atoms with Crippen molar-refractivity contribution in [1.82, 2.24) is 4.98 Å². The smallest absolute Gasteiger partial charge is 0.128 e. The Bertz CT molecular complexity index is 382. The van der Waals surface area contributed by atoms with Gasteiger partial charge in [-0.3, -0.25) is 0 Å². The number of rotatable bonds is 3. The van der Waals surface area contributed by atoms with Crippen LogP contribution in [0, 0.1) is 0 Å². The molecule has 0 spiro atoms. The summed E-state index contributed by atoms with van der Waals surface area (Å²) in [4.78, 5) is 6.67. The van der Waals surface area contributed by atoms with Crippen molar-refractivity contribution in [2.24, 2.45) is 0 Å². The van der Waals surface area contributed by atoms with Crippen LogP contribution < -0.4 is 4.90 Å². The first-order valence-electron chi connectivity index (χ1n) is 6.71. The number of hydrogen-bond acceptors (Lipinski definition) is 4. The second-order valence-electron chi connectivity index (χ2n) is 4.82. The third-order valence-electron chi connectivity index (χ3n) is 3.38. The summed E-state index contributed by atoms with van der Waals surface area (Å²) < 4.78 is 5.76. The standard InChI is InChI=1S/C14H22N2O2/c1-3-13-10-16(7-4-8-18-13)14-9-12(11(2)17)5-6-15-14/h5-6,9,11,13,17H,3-4,7-8,10H2,1-2H3/t11-,13?/m0/s1. The van der Waals surface area contributed by atoms with Gasteiger partial charge < -0.3 is 14.7 Å². The van der Waals surface area contributed by atoms with Gasteiger partial charge in [-0.2, -0.15) is 0 Å². The highest BCUT2D eigenvalue weighted by Gasteiger charge is 2.18. The molecule has 100 valence electrons. The van der Waals surface area contributed by atoms with E-state index in [-0.39, 0.29) is 6.10 Å². The number of aliphatic hydroxyl groups is 1. The molecule has 2 heterocycles. The Kier molecular flexibility index (Phi) is 4.55. The minimum Gasteiger partial charge on any atom is -0.389 e. The molecule has 2 rings (SSSR count). The van der Waals surface area contributed by atoms with Crippen LogP contribution in [0.3, 0.4) is 0 Å². The van der Waals surface area contributed by atoms with E-state index < -0.39 is 6.10 Å². The third kappa shape index (κ3) is 3.21. The van der Waals surface area contributed by atoms with E-state index in [2.05, 4.69) is 16.8 Å². The fourth-order valence-electron chi connectivity index (χ4n) is 2.22. The van der Waals surface area contributed by atoms with Crippen molar-refractivity contribution >= 4 is 5.82 Å². The molecule has 0 bridgehead atoms. The van der Waals surface area contributed by atoms with Crippen molar-refractivity contribution in [3.8, 4) is 0 Å². The molecule has 1 fully saturated rings. The number of nitrogens with zero attached hydrogens (tertiary/aromatic N) is 2. The van der Waals surface area contributed by atoms with Crippen LogP contribution in [0.5, 0.6) is 0 Å². The van der Waals surface area contributed by atoms with E-state index in [4.69, 9.17) is 4.74 Å². The molecule has 4 nitrogen and oxygen atoms in total. The molecule has 0 aromatic carbocycles. The summed E-state index contributed by atoms with van der Waals surface area (Å²) in [6.07, 6.45) is 3.65. The van der Waals surface area contributed by atoms with Crippen molar-refractivity contribution in [2.75, 3.05) is 24.6 Å². The van der Waals surface area contributed by atoms with Crippen LogP contribution in [0.2, 0.25) is 0 Å². The molecule has 1 aromatic rings. The highest BCUT2D eigenvalue weighted by Crippen LogP contribution is 2.20. The molecule has 0 aliphatic carbocycles. The summed E-state index contributed by atoms with van der Waals surface area (Å²) in [7, 11) is 0. The lowest BCUT2D eigenvalue weighted by atomic mass is 10.1. The molecule has 1 aliphatic rings. The molecule has 2 atom stereocenters. The minimum atomic E-state index is -0.447. The van der Waals surface area contributed by atoms with E-state index in [9.17, 15) is 5.11 Å². The Morgan fingerprint density at radius 3 is 3.17 bits per heavy atom. The molecular formula is C14H22N2O2. The Morgan fingerprint density at radius 2 is 2.44 bits per heavy atom. The average Bonchev–Trinajstić information content (AvgIpc) is 2.64. The van der Waals surface area contributed by atoms with Crippen molar-refractivity contribution < 1.29 is 9.84 Å². The summed E-state index contributed by atoms with van der Waals surface area (Å²) in [6, 6.07) is 3.84. The van der Waals surface area contributed by atoms with E-state index in [1.54, 1.807) is 13.1 Å². The molecule has 0 radical (unpaired) electrons. The first-order chi connectivity index (χ1) is 8.70. The van der Waals surface area contributed by atoms with Gasteiger partial charge in [0, 0.05) is 25.9 Å². The van der Waals surface area contributed by atoms with Gasteiger partial charge in [-0.1, -0.05) is 6.92 Å². The lowest BCUT2D eigenvalue weighted by molar-refractivity contribution is 0.0664. The van der Waals surface area contributed by atoms with Gasteiger partial charge in [-0.25, -0.2) is 4.98 Å². The Labute approximate surface area is 109 Å². The number of aliphatic hydroxyl groups excluding tert-OH is 1. The Morgan fingerprint density at radius 1 is 1.61 bits per heavy atom. The quantitative estimate of drug-likeness (QED) is 0.892. The first kappa shape index (κ1) is 13.3. The van der Waals surface area contributed by atoms with Gasteiger partial charge in [0.05, 0.1) is 12.2 Å². The van der Waals surface area contributed by atoms with Crippen LogP contribution in [0.4, 0.5) is 5.82 Å². The maximum Gasteiger partial charge on any atom is 0.128 e. The summed E-state index contributed by atoms with van der Waals surface area (Å²) in [6.45, 7) is 6.60. The number of pyridine rings is 1. The summed E-state index contributed by atoms with van der Waals surface area (Å²) >= 11 is 0. The van der Waals surface area contributed by atoms with Gasteiger partial charge in [0.25, 0.3) is 0 Å². The number of aromatic nitrogens is 1. The topological polar surface area (TPSA) is 45.6 Å². The molecule has 1 unspecified atom stereocenters.